The van der Waals surface area contributed by atoms with E-state index < -0.39 is 11.1 Å². The van der Waals surface area contributed by atoms with E-state index >= 15 is 0 Å². The molecular weight excluding hydrogens is 208 g/mol. The smallest absolute Gasteiger partial charge is 0.158 e. The first-order chi connectivity index (χ1) is 7.13. The highest BCUT2D eigenvalue weighted by Gasteiger charge is 2.05. The van der Waals surface area contributed by atoms with Crippen molar-refractivity contribution in [2.75, 3.05) is 0 Å². The van der Waals surface area contributed by atoms with Gasteiger partial charge < -0.3 is 0 Å². The van der Waals surface area contributed by atoms with Crippen molar-refractivity contribution < 1.29 is 8.39 Å². The molecule has 3 heteroatoms. The van der Waals surface area contributed by atoms with Crippen LogP contribution in [0.2, 0.25) is 0 Å². The van der Waals surface area contributed by atoms with Crippen molar-refractivity contribution in [3.8, 4) is 0 Å². The predicted molar refractivity (Wildman–Crippen MR) is 63.9 cm³/mol. The van der Waals surface area contributed by atoms with Gasteiger partial charge in [0.15, 0.2) is 11.1 Å². The predicted octanol–water partition coefficient (Wildman–Crippen LogP) is 2.84. The molecule has 1 aromatic rings. The topological polar surface area (TPSA) is 26.3 Å². The van der Waals surface area contributed by atoms with Gasteiger partial charge >= 0.3 is 0 Å². The molecule has 2 nitrogen and oxygen atoms in total. The van der Waals surface area contributed by atoms with E-state index in [2.05, 4.69) is 19.1 Å². The molecule has 0 saturated heterocycles. The Morgan fingerprint density at radius 2 is 1.73 bits per heavy atom. The zero-order valence-electron chi connectivity index (χ0n) is 9.53. The van der Waals surface area contributed by atoms with E-state index in [1.807, 2.05) is 26.0 Å². The number of hydrogen-bond donors (Lipinski definition) is 0. The summed E-state index contributed by atoms with van der Waals surface area (Å²) in [5.74, 6) is 0. The summed E-state index contributed by atoms with van der Waals surface area (Å²) >= 11 is -1.18. The van der Waals surface area contributed by atoms with Gasteiger partial charge in [0.1, 0.15) is 0 Å². The lowest BCUT2D eigenvalue weighted by atomic mass is 10.1. The molecule has 0 aliphatic heterocycles. The monoisotopic (exact) mass is 226 g/mol. The third-order valence-corrected chi connectivity index (χ3v) is 3.28. The molecule has 1 atom stereocenters. The largest absolute Gasteiger partial charge is 0.286 e. The Hall–Kier alpha value is -0.670. The molecule has 0 saturated carbocycles. The minimum atomic E-state index is -1.18. The zero-order chi connectivity index (χ0) is 11.3. The van der Waals surface area contributed by atoms with Gasteiger partial charge in [0.05, 0.1) is 11.9 Å². The highest BCUT2D eigenvalue weighted by molar-refractivity contribution is 7.80. The number of benzene rings is 1. The zero-order valence-corrected chi connectivity index (χ0v) is 10.3. The maximum Gasteiger partial charge on any atom is 0.158 e. The molecule has 0 radical (unpaired) electrons. The van der Waals surface area contributed by atoms with Gasteiger partial charge in [-0.2, -0.15) is 0 Å². The SMILES string of the molecule is CCc1ccc(COS(=O)C(C)C)cc1. The number of rotatable bonds is 5. The highest BCUT2D eigenvalue weighted by Crippen LogP contribution is 2.08. The number of aryl methyl sites for hydroxylation is 1. The lowest BCUT2D eigenvalue weighted by Gasteiger charge is -2.06. The Morgan fingerprint density at radius 1 is 1.20 bits per heavy atom. The molecule has 1 aromatic carbocycles. The van der Waals surface area contributed by atoms with Crippen LogP contribution in [0.5, 0.6) is 0 Å². The molecule has 15 heavy (non-hydrogen) atoms. The van der Waals surface area contributed by atoms with Gasteiger partial charge in [-0.25, -0.2) is 4.21 Å². The minimum absolute atomic E-state index is 0.0555. The van der Waals surface area contributed by atoms with E-state index in [0.717, 1.165) is 12.0 Å². The Balaban J connectivity index is 2.47. The molecular formula is C12H18O2S. The third-order valence-electron chi connectivity index (χ3n) is 2.16. The van der Waals surface area contributed by atoms with E-state index in [0.29, 0.717) is 6.61 Å². The second-order valence-corrected chi connectivity index (χ2v) is 5.44. The molecule has 0 N–H and O–H groups in total. The van der Waals surface area contributed by atoms with Crippen LogP contribution in [0.4, 0.5) is 0 Å². The average Bonchev–Trinajstić information content (AvgIpc) is 2.26. The minimum Gasteiger partial charge on any atom is -0.286 e. The molecule has 1 unspecified atom stereocenters. The summed E-state index contributed by atoms with van der Waals surface area (Å²) in [6.45, 7) is 6.32. The van der Waals surface area contributed by atoms with Crippen LogP contribution >= 0.6 is 0 Å². The van der Waals surface area contributed by atoms with Crippen LogP contribution < -0.4 is 0 Å². The Labute approximate surface area is 94.3 Å². The Kier molecular flexibility index (Phi) is 4.99. The first-order valence-corrected chi connectivity index (χ1v) is 6.39. The highest BCUT2D eigenvalue weighted by atomic mass is 32.2. The normalized spacial score (nSPS) is 13.1. The van der Waals surface area contributed by atoms with Gasteiger partial charge in [-0.05, 0) is 31.4 Å². The molecule has 0 fully saturated rings. The lowest BCUT2D eigenvalue weighted by Crippen LogP contribution is -2.08. The molecule has 84 valence electrons. The molecule has 0 aliphatic rings. The summed E-state index contributed by atoms with van der Waals surface area (Å²) < 4.78 is 16.6. The summed E-state index contributed by atoms with van der Waals surface area (Å²) in [6.07, 6.45) is 1.04. The van der Waals surface area contributed by atoms with Crippen LogP contribution in [0.3, 0.4) is 0 Å². The summed E-state index contributed by atoms with van der Waals surface area (Å²) in [4.78, 5) is 0. The fourth-order valence-corrected chi connectivity index (χ4v) is 1.66. The van der Waals surface area contributed by atoms with Crippen LogP contribution in [0.15, 0.2) is 24.3 Å². The molecule has 1 rings (SSSR count). The van der Waals surface area contributed by atoms with E-state index in [1.165, 1.54) is 5.56 Å². The summed E-state index contributed by atoms with van der Waals surface area (Å²) in [5.41, 5.74) is 2.38. The molecule has 0 aromatic heterocycles. The molecule has 0 amide bonds. The third kappa shape index (κ3) is 4.14. The van der Waals surface area contributed by atoms with Crippen molar-refractivity contribution in [1.82, 2.24) is 0 Å². The van der Waals surface area contributed by atoms with Gasteiger partial charge in [-0.15, -0.1) is 0 Å². The van der Waals surface area contributed by atoms with Crippen molar-refractivity contribution in [3.63, 3.8) is 0 Å². The number of hydrogen-bond acceptors (Lipinski definition) is 2. The van der Waals surface area contributed by atoms with E-state index in [-0.39, 0.29) is 5.25 Å². The molecule has 0 aliphatic carbocycles. The van der Waals surface area contributed by atoms with Crippen LogP contribution in [0.25, 0.3) is 0 Å². The summed E-state index contributed by atoms with van der Waals surface area (Å²) in [6, 6.07) is 8.21. The second kappa shape index (κ2) is 6.03. The fourth-order valence-electron chi connectivity index (χ4n) is 1.13. The van der Waals surface area contributed by atoms with Gasteiger partial charge in [0.25, 0.3) is 0 Å². The van der Waals surface area contributed by atoms with E-state index in [4.69, 9.17) is 4.18 Å². The van der Waals surface area contributed by atoms with Gasteiger partial charge in [0, 0.05) is 0 Å². The Bertz CT molecular complexity index is 317. The van der Waals surface area contributed by atoms with Crippen LogP contribution in [-0.2, 0) is 28.3 Å². The maximum atomic E-state index is 11.3. The Morgan fingerprint density at radius 3 is 2.20 bits per heavy atom. The maximum absolute atomic E-state index is 11.3. The van der Waals surface area contributed by atoms with Crippen molar-refractivity contribution in [1.29, 1.82) is 0 Å². The van der Waals surface area contributed by atoms with Gasteiger partial charge in [-0.3, -0.25) is 4.18 Å². The van der Waals surface area contributed by atoms with Crippen molar-refractivity contribution >= 4 is 11.1 Å². The summed E-state index contributed by atoms with van der Waals surface area (Å²) in [7, 11) is 0. The standard InChI is InChI=1S/C12H18O2S/c1-4-11-5-7-12(8-6-11)9-14-15(13)10(2)3/h5-8,10H,4,9H2,1-3H3. The van der Waals surface area contributed by atoms with Crippen LogP contribution in [0.1, 0.15) is 31.9 Å². The first-order valence-electron chi connectivity index (χ1n) is 5.25. The fraction of sp³-hybridized carbons (Fsp3) is 0.500. The lowest BCUT2D eigenvalue weighted by molar-refractivity contribution is 0.334. The van der Waals surface area contributed by atoms with E-state index in [9.17, 15) is 4.21 Å². The van der Waals surface area contributed by atoms with Crippen LogP contribution in [-0.4, -0.2) is 9.46 Å². The van der Waals surface area contributed by atoms with Crippen molar-refractivity contribution in [2.45, 2.75) is 39.0 Å². The molecule has 0 spiro atoms. The summed E-state index contributed by atoms with van der Waals surface area (Å²) in [5, 5.41) is 0.0555. The molecule has 0 heterocycles. The van der Waals surface area contributed by atoms with Crippen molar-refractivity contribution in [2.24, 2.45) is 0 Å². The average molecular weight is 226 g/mol. The second-order valence-electron chi connectivity index (χ2n) is 3.74. The van der Waals surface area contributed by atoms with Gasteiger partial charge in [-0.1, -0.05) is 31.2 Å². The quantitative estimate of drug-likeness (QED) is 0.771. The first kappa shape index (κ1) is 12.4. The van der Waals surface area contributed by atoms with Crippen LogP contribution in [0, 0.1) is 0 Å². The van der Waals surface area contributed by atoms with Gasteiger partial charge in [0.2, 0.25) is 0 Å². The van der Waals surface area contributed by atoms with Crippen molar-refractivity contribution in [3.05, 3.63) is 35.4 Å². The van der Waals surface area contributed by atoms with E-state index in [1.54, 1.807) is 0 Å². The molecule has 0 bridgehead atoms.